The Morgan fingerprint density at radius 1 is 1.12 bits per heavy atom. The number of hydrogen-bond acceptors (Lipinski definition) is 3. The molecule has 0 aliphatic heterocycles. The molecule has 3 rings (SSSR count). The van der Waals surface area contributed by atoms with E-state index >= 15 is 0 Å². The van der Waals surface area contributed by atoms with Gasteiger partial charge >= 0.3 is 5.97 Å². The molecule has 0 fully saturated rings. The highest BCUT2D eigenvalue weighted by atomic mass is 32.2. The van der Waals surface area contributed by atoms with Crippen molar-refractivity contribution in [1.29, 1.82) is 0 Å². The molecular formula is C29H32O3S. The summed E-state index contributed by atoms with van der Waals surface area (Å²) in [7, 11) is -1.23. The van der Waals surface area contributed by atoms with Crippen LogP contribution in [-0.4, -0.2) is 16.8 Å². The maximum absolute atomic E-state index is 13.4. The third kappa shape index (κ3) is 6.08. The minimum atomic E-state index is -1.23. The Hall–Kier alpha value is -2.98. The predicted molar refractivity (Wildman–Crippen MR) is 138 cm³/mol. The van der Waals surface area contributed by atoms with Gasteiger partial charge < -0.3 is 4.74 Å². The van der Waals surface area contributed by atoms with Crippen LogP contribution < -0.4 is 0 Å². The van der Waals surface area contributed by atoms with Gasteiger partial charge in [-0.2, -0.15) is 0 Å². The van der Waals surface area contributed by atoms with E-state index in [2.05, 4.69) is 45.0 Å². The molecule has 0 amide bonds. The Kier molecular flexibility index (Phi) is 8.04. The summed E-state index contributed by atoms with van der Waals surface area (Å²) in [6.45, 7) is 10.5. The fourth-order valence-electron chi connectivity index (χ4n) is 3.86. The highest BCUT2D eigenvalue weighted by molar-refractivity contribution is 7.94. The summed E-state index contributed by atoms with van der Waals surface area (Å²) in [6.07, 6.45) is 10.3. The van der Waals surface area contributed by atoms with Crippen molar-refractivity contribution < 1.29 is 13.7 Å². The zero-order valence-corrected chi connectivity index (χ0v) is 20.9. The van der Waals surface area contributed by atoms with E-state index < -0.39 is 10.8 Å². The maximum atomic E-state index is 13.4. The predicted octanol–water partition coefficient (Wildman–Crippen LogP) is 6.99. The number of ether oxygens (including phenoxy) is 1. The minimum Gasteiger partial charge on any atom is -0.463 e. The molecule has 0 radical (unpaired) electrons. The quantitative estimate of drug-likeness (QED) is 0.254. The van der Waals surface area contributed by atoms with E-state index in [1.807, 2.05) is 55.5 Å². The second-order valence-corrected chi connectivity index (χ2v) is 10.3. The Labute approximate surface area is 200 Å². The van der Waals surface area contributed by atoms with Crippen LogP contribution in [0.2, 0.25) is 0 Å². The summed E-state index contributed by atoms with van der Waals surface area (Å²) in [6, 6.07) is 16.1. The lowest BCUT2D eigenvalue weighted by Crippen LogP contribution is -2.22. The molecule has 0 saturated heterocycles. The number of rotatable bonds is 7. The Balaban J connectivity index is 1.92. The van der Waals surface area contributed by atoms with E-state index in [0.29, 0.717) is 6.61 Å². The third-order valence-electron chi connectivity index (χ3n) is 5.76. The molecule has 0 N–H and O–H groups in total. The van der Waals surface area contributed by atoms with Crippen molar-refractivity contribution in [3.8, 4) is 0 Å². The Morgan fingerprint density at radius 2 is 1.85 bits per heavy atom. The molecule has 2 aromatic rings. The monoisotopic (exact) mass is 460 g/mol. The standard InChI is InChI=1S/C29H32O3S/c1-6-32-28(30)19-21(2)11-10-12-22(3)23-15-16-26-25(20-23)27(17-18-29(26,4)5)33(31)24-13-8-7-9-14-24/h7-17,19-20H,6,18H2,1-5H3. The van der Waals surface area contributed by atoms with Crippen LogP contribution >= 0.6 is 0 Å². The number of allylic oxidation sites excluding steroid dienone is 6. The van der Waals surface area contributed by atoms with E-state index in [-0.39, 0.29) is 11.4 Å². The van der Waals surface area contributed by atoms with Gasteiger partial charge in [-0.15, -0.1) is 0 Å². The molecule has 4 heteroatoms. The van der Waals surface area contributed by atoms with Gasteiger partial charge in [0.15, 0.2) is 0 Å². The second-order valence-electron chi connectivity index (χ2n) is 8.85. The first-order chi connectivity index (χ1) is 15.7. The van der Waals surface area contributed by atoms with E-state index in [0.717, 1.165) is 38.5 Å². The van der Waals surface area contributed by atoms with Gasteiger partial charge in [0.1, 0.15) is 0 Å². The highest BCUT2D eigenvalue weighted by Gasteiger charge is 2.30. The van der Waals surface area contributed by atoms with Crippen molar-refractivity contribution in [2.75, 3.05) is 6.61 Å². The average molecular weight is 461 g/mol. The second kappa shape index (κ2) is 10.8. The van der Waals surface area contributed by atoms with E-state index in [1.165, 1.54) is 11.6 Å². The molecule has 0 bridgehead atoms. The molecule has 0 saturated carbocycles. The molecule has 1 aliphatic carbocycles. The minimum absolute atomic E-state index is 0.00915. The van der Waals surface area contributed by atoms with Gasteiger partial charge in [0.2, 0.25) is 0 Å². The number of benzene rings is 2. The van der Waals surface area contributed by atoms with Crippen molar-refractivity contribution in [3.63, 3.8) is 0 Å². The zero-order chi connectivity index (χ0) is 24.0. The molecule has 172 valence electrons. The molecule has 3 nitrogen and oxygen atoms in total. The average Bonchev–Trinajstić information content (AvgIpc) is 2.79. The molecule has 0 spiro atoms. The van der Waals surface area contributed by atoms with Crippen molar-refractivity contribution in [3.05, 3.63) is 101 Å². The van der Waals surface area contributed by atoms with Gasteiger partial charge in [-0.05, 0) is 78.6 Å². The lowest BCUT2D eigenvalue weighted by atomic mass is 9.75. The van der Waals surface area contributed by atoms with Gasteiger partial charge in [0, 0.05) is 15.9 Å². The fourth-order valence-corrected chi connectivity index (χ4v) is 5.12. The summed E-state index contributed by atoms with van der Waals surface area (Å²) >= 11 is 0. The lowest BCUT2D eigenvalue weighted by molar-refractivity contribution is -0.137. The van der Waals surface area contributed by atoms with Crippen molar-refractivity contribution in [2.24, 2.45) is 0 Å². The van der Waals surface area contributed by atoms with Crippen LogP contribution in [-0.2, 0) is 25.7 Å². The number of hydrogen-bond donors (Lipinski definition) is 0. The summed E-state index contributed by atoms with van der Waals surface area (Å²) < 4.78 is 18.4. The number of fused-ring (bicyclic) bond motifs is 1. The highest BCUT2D eigenvalue weighted by Crippen LogP contribution is 2.42. The number of carbonyl (C=O) groups is 1. The maximum Gasteiger partial charge on any atom is 0.330 e. The Bertz CT molecular complexity index is 1160. The molecular weight excluding hydrogens is 428 g/mol. The lowest BCUT2D eigenvalue weighted by Gasteiger charge is -2.32. The van der Waals surface area contributed by atoms with Crippen LogP contribution in [0.25, 0.3) is 10.5 Å². The number of esters is 1. The van der Waals surface area contributed by atoms with Crippen LogP contribution in [0.15, 0.2) is 89.4 Å². The first kappa shape index (κ1) is 24.7. The molecule has 1 unspecified atom stereocenters. The SMILES string of the molecule is CCOC(=O)C=C(C)C=CC=C(C)c1ccc2c(c1)C(S(=O)c1ccccc1)=CCC2(C)C. The molecule has 33 heavy (non-hydrogen) atoms. The first-order valence-corrected chi connectivity index (χ1v) is 12.4. The van der Waals surface area contributed by atoms with Crippen molar-refractivity contribution in [1.82, 2.24) is 0 Å². The van der Waals surface area contributed by atoms with Gasteiger partial charge in [-0.3, -0.25) is 0 Å². The summed E-state index contributed by atoms with van der Waals surface area (Å²) in [5.41, 5.74) is 5.27. The van der Waals surface area contributed by atoms with Gasteiger partial charge in [-0.25, -0.2) is 9.00 Å². The summed E-state index contributed by atoms with van der Waals surface area (Å²) in [4.78, 5) is 13.3. The summed E-state index contributed by atoms with van der Waals surface area (Å²) in [5.74, 6) is -0.330. The molecule has 2 aromatic carbocycles. The molecule has 0 aromatic heterocycles. The van der Waals surface area contributed by atoms with Crippen LogP contribution in [0.4, 0.5) is 0 Å². The zero-order valence-electron chi connectivity index (χ0n) is 20.1. The molecule has 0 heterocycles. The smallest absolute Gasteiger partial charge is 0.330 e. The van der Waals surface area contributed by atoms with Gasteiger partial charge in [0.05, 0.1) is 17.4 Å². The Morgan fingerprint density at radius 3 is 2.55 bits per heavy atom. The van der Waals surface area contributed by atoms with Crippen LogP contribution in [0.3, 0.4) is 0 Å². The normalized spacial score (nSPS) is 16.8. The van der Waals surface area contributed by atoms with E-state index in [9.17, 15) is 9.00 Å². The van der Waals surface area contributed by atoms with Crippen molar-refractivity contribution >= 4 is 27.2 Å². The molecule has 1 atom stereocenters. The largest absolute Gasteiger partial charge is 0.463 e. The van der Waals surface area contributed by atoms with E-state index in [4.69, 9.17) is 4.74 Å². The van der Waals surface area contributed by atoms with Crippen molar-refractivity contribution in [2.45, 2.75) is 51.3 Å². The topological polar surface area (TPSA) is 43.4 Å². The van der Waals surface area contributed by atoms with E-state index in [1.54, 1.807) is 6.92 Å². The third-order valence-corrected chi connectivity index (χ3v) is 7.25. The van der Waals surface area contributed by atoms with Crippen LogP contribution in [0, 0.1) is 0 Å². The number of carbonyl (C=O) groups excluding carboxylic acids is 1. The fraction of sp³-hybridized carbons (Fsp3) is 0.276. The van der Waals surface area contributed by atoms with Gasteiger partial charge in [0.25, 0.3) is 0 Å². The van der Waals surface area contributed by atoms with Crippen LogP contribution in [0.5, 0.6) is 0 Å². The molecule has 1 aliphatic rings. The summed E-state index contributed by atoms with van der Waals surface area (Å²) in [5, 5.41) is 0. The van der Waals surface area contributed by atoms with Gasteiger partial charge in [-0.1, -0.05) is 68.5 Å². The van der Waals surface area contributed by atoms with Crippen LogP contribution in [0.1, 0.15) is 57.7 Å². The first-order valence-electron chi connectivity index (χ1n) is 11.2.